The van der Waals surface area contributed by atoms with Gasteiger partial charge in [-0.15, -0.1) is 0 Å². The number of alkyl halides is 1. The number of aliphatic carboxylic acids is 1. The van der Waals surface area contributed by atoms with Gasteiger partial charge < -0.3 is 15.6 Å². The van der Waals surface area contributed by atoms with E-state index in [9.17, 15) is 14.3 Å². The summed E-state index contributed by atoms with van der Waals surface area (Å²) in [5.41, 5.74) is 12.2. The van der Waals surface area contributed by atoms with Gasteiger partial charge >= 0.3 is 5.97 Å². The van der Waals surface area contributed by atoms with Crippen molar-refractivity contribution in [3.63, 3.8) is 0 Å². The zero-order valence-corrected chi connectivity index (χ0v) is 18.3. The number of benzene rings is 2. The Balaban J connectivity index is 1.71. The number of hydrogen-bond donors (Lipinski definition) is 4. The smallest absolute Gasteiger partial charge is 0.328 e. The average Bonchev–Trinajstić information content (AvgIpc) is 3.17. The van der Waals surface area contributed by atoms with Gasteiger partial charge in [0.05, 0.1) is 5.69 Å². The molecule has 0 saturated heterocycles. The summed E-state index contributed by atoms with van der Waals surface area (Å²) in [5, 5.41) is 19.0. The lowest BCUT2D eigenvalue weighted by Crippen LogP contribution is -2.15. The Morgan fingerprint density at radius 3 is 2.47 bits per heavy atom. The number of nitrogens with one attached hydrogen (secondary N) is 2. The van der Waals surface area contributed by atoms with Gasteiger partial charge in [-0.05, 0) is 76.4 Å². The van der Waals surface area contributed by atoms with Crippen LogP contribution in [0, 0.1) is 5.92 Å². The van der Waals surface area contributed by atoms with E-state index in [-0.39, 0.29) is 5.88 Å². The molecule has 1 atom stereocenters. The maximum Gasteiger partial charge on any atom is 0.328 e. The third kappa shape index (κ3) is 4.30. The van der Waals surface area contributed by atoms with Crippen LogP contribution in [0.1, 0.15) is 53.4 Å². The monoisotopic (exact) mass is 457 g/mol. The summed E-state index contributed by atoms with van der Waals surface area (Å²) >= 11 is 0. The normalized spacial score (nSPS) is 18.2. The number of nitrogens with zero attached hydrogens (tertiary/aromatic N) is 1. The van der Waals surface area contributed by atoms with E-state index in [1.165, 1.54) is 0 Å². The highest BCUT2D eigenvalue weighted by Gasteiger charge is 2.29. The highest BCUT2D eigenvalue weighted by atomic mass is 19.1. The molecule has 2 aliphatic rings. The van der Waals surface area contributed by atoms with Crippen molar-refractivity contribution in [1.82, 2.24) is 10.4 Å². The maximum atomic E-state index is 14.5. The van der Waals surface area contributed by atoms with Gasteiger partial charge in [0.1, 0.15) is 0 Å². The first-order chi connectivity index (χ1) is 16.5. The molecule has 34 heavy (non-hydrogen) atoms. The predicted molar refractivity (Wildman–Crippen MR) is 129 cm³/mol. The number of hydrazine groups is 1. The van der Waals surface area contributed by atoms with Crippen molar-refractivity contribution in [1.29, 1.82) is 0 Å². The van der Waals surface area contributed by atoms with Crippen LogP contribution in [0.25, 0.3) is 17.2 Å². The zero-order valence-electron chi connectivity index (χ0n) is 18.3. The number of carbonyl (C=O) groups is 1. The molecule has 172 valence electrons. The van der Waals surface area contributed by atoms with E-state index in [0.717, 1.165) is 58.7 Å². The first kappa shape index (κ1) is 21.9. The Kier molecular flexibility index (Phi) is 5.86. The molecule has 1 unspecified atom stereocenters. The molecule has 1 aromatic heterocycles. The van der Waals surface area contributed by atoms with E-state index in [1.54, 1.807) is 18.3 Å². The summed E-state index contributed by atoms with van der Waals surface area (Å²) < 4.78 is 14.5. The first-order valence-electron chi connectivity index (χ1n) is 11.2. The molecule has 5 rings (SSSR count). The second-order valence-electron chi connectivity index (χ2n) is 8.55. The molecule has 7 heteroatoms. The van der Waals surface area contributed by atoms with Crippen LogP contribution in [0.3, 0.4) is 0 Å². The van der Waals surface area contributed by atoms with Crippen LogP contribution in [-0.4, -0.2) is 21.2 Å². The summed E-state index contributed by atoms with van der Waals surface area (Å²) in [6, 6.07) is 16.9. The number of allylic oxidation sites excluding steroid dienone is 1. The molecule has 1 aliphatic carbocycles. The predicted octanol–water partition coefficient (Wildman–Crippen LogP) is 5.54. The fourth-order valence-electron chi connectivity index (χ4n) is 4.53. The topological polar surface area (TPSA) is 94.5 Å². The van der Waals surface area contributed by atoms with Crippen LogP contribution in [0.15, 0.2) is 66.9 Å². The first-order valence-corrected chi connectivity index (χ1v) is 11.2. The minimum Gasteiger partial charge on any atom is -0.493 e. The van der Waals surface area contributed by atoms with Crippen molar-refractivity contribution in [3.05, 3.63) is 94.7 Å². The Labute approximate surface area is 196 Å². The molecule has 1 saturated carbocycles. The highest BCUT2D eigenvalue weighted by Crippen LogP contribution is 2.46. The molecule has 4 N–H and O–H groups in total. The summed E-state index contributed by atoms with van der Waals surface area (Å²) in [6.45, 7) is 0. The molecule has 0 spiro atoms. The quantitative estimate of drug-likeness (QED) is 0.287. The largest absolute Gasteiger partial charge is 0.493 e. The van der Waals surface area contributed by atoms with Crippen molar-refractivity contribution in [2.24, 2.45) is 5.92 Å². The third-order valence-electron chi connectivity index (χ3n) is 6.40. The standard InChI is InChI=1S/C27H24FN3O3/c28-27-21-14-19(9-10-22(21)30-31-27)26(18-7-4-16(5-8-18)6-11-24(33)34)25(17-2-1-3-17)20-12-13-29-23(32)15-20/h4-15,17,27,30-31H,1-3H2,(H,29,32)(H,33,34)/b11-6+,26-25+. The fourth-order valence-corrected chi connectivity index (χ4v) is 4.53. The number of carboxylic acids is 1. The van der Waals surface area contributed by atoms with Gasteiger partial charge in [-0.25, -0.2) is 19.6 Å². The second-order valence-corrected chi connectivity index (χ2v) is 8.55. The van der Waals surface area contributed by atoms with Crippen LogP contribution in [0.2, 0.25) is 0 Å². The van der Waals surface area contributed by atoms with Gasteiger partial charge in [-0.1, -0.05) is 36.8 Å². The van der Waals surface area contributed by atoms with Gasteiger partial charge in [-0.3, -0.25) is 0 Å². The average molecular weight is 458 g/mol. The van der Waals surface area contributed by atoms with Crippen LogP contribution in [0.4, 0.5) is 10.1 Å². The molecule has 1 fully saturated rings. The van der Waals surface area contributed by atoms with Crippen molar-refractivity contribution < 1.29 is 19.4 Å². The number of aromatic hydroxyl groups is 1. The third-order valence-corrected chi connectivity index (χ3v) is 6.40. The Bertz CT molecular complexity index is 1300. The Morgan fingerprint density at radius 2 is 1.79 bits per heavy atom. The van der Waals surface area contributed by atoms with Gasteiger partial charge in [0.25, 0.3) is 0 Å². The number of fused-ring (bicyclic) bond motifs is 1. The molecular weight excluding hydrogens is 433 g/mol. The van der Waals surface area contributed by atoms with Crippen LogP contribution in [0.5, 0.6) is 5.88 Å². The van der Waals surface area contributed by atoms with Crippen LogP contribution in [-0.2, 0) is 4.79 Å². The molecule has 2 aromatic carbocycles. The van der Waals surface area contributed by atoms with Gasteiger partial charge in [-0.2, -0.15) is 0 Å². The lowest BCUT2D eigenvalue weighted by molar-refractivity contribution is -0.131. The number of halogens is 1. The number of anilines is 1. The Morgan fingerprint density at radius 1 is 1.03 bits per heavy atom. The lowest BCUT2D eigenvalue weighted by atomic mass is 9.73. The summed E-state index contributed by atoms with van der Waals surface area (Å²) in [4.78, 5) is 14.8. The maximum absolute atomic E-state index is 14.5. The van der Waals surface area contributed by atoms with Crippen molar-refractivity contribution in [2.45, 2.75) is 25.6 Å². The lowest BCUT2D eigenvalue weighted by Gasteiger charge is -2.31. The summed E-state index contributed by atoms with van der Waals surface area (Å²) in [7, 11) is 0. The molecule has 0 amide bonds. The Hall–Kier alpha value is -3.97. The van der Waals surface area contributed by atoms with E-state index in [4.69, 9.17) is 5.11 Å². The van der Waals surface area contributed by atoms with E-state index in [2.05, 4.69) is 15.8 Å². The molecule has 0 bridgehead atoms. The number of carboxylic acid groups (broad SMARTS) is 1. The van der Waals surface area contributed by atoms with Crippen LogP contribution < -0.4 is 10.9 Å². The summed E-state index contributed by atoms with van der Waals surface area (Å²) in [5.74, 6) is -0.751. The van der Waals surface area contributed by atoms with Gasteiger partial charge in [0.15, 0.2) is 6.30 Å². The molecule has 1 aliphatic heterocycles. The number of pyridine rings is 1. The molecule has 2 heterocycles. The van der Waals surface area contributed by atoms with Crippen LogP contribution >= 0.6 is 0 Å². The molecule has 3 aromatic rings. The zero-order chi connectivity index (χ0) is 23.7. The van der Waals surface area contributed by atoms with E-state index < -0.39 is 12.3 Å². The van der Waals surface area contributed by atoms with E-state index in [1.807, 2.05) is 48.5 Å². The molecule has 0 radical (unpaired) electrons. The van der Waals surface area contributed by atoms with Crippen molar-refractivity contribution in [3.8, 4) is 5.88 Å². The minimum atomic E-state index is -1.31. The molecular formula is C27H24FN3O3. The van der Waals surface area contributed by atoms with Crippen molar-refractivity contribution >= 4 is 28.9 Å². The minimum absolute atomic E-state index is 0.0472. The van der Waals surface area contributed by atoms with Crippen molar-refractivity contribution in [2.75, 3.05) is 5.43 Å². The SMILES string of the molecule is O=C(O)/C=C/c1ccc(/C(=C(\c2ccnc(O)c2)C2CCC2)c2ccc3c(c2)C(F)NN3)cc1. The van der Waals surface area contributed by atoms with Gasteiger partial charge in [0.2, 0.25) is 5.88 Å². The van der Waals surface area contributed by atoms with Gasteiger partial charge in [0, 0.05) is 23.9 Å². The van der Waals surface area contributed by atoms with E-state index in [0.29, 0.717) is 17.2 Å². The fraction of sp³-hybridized carbons (Fsp3) is 0.185. The highest BCUT2D eigenvalue weighted by molar-refractivity contribution is 6.00. The number of hydrogen-bond acceptors (Lipinski definition) is 5. The number of aromatic nitrogens is 1. The van der Waals surface area contributed by atoms with E-state index >= 15 is 0 Å². The molecule has 6 nitrogen and oxygen atoms in total. The number of rotatable bonds is 6. The summed E-state index contributed by atoms with van der Waals surface area (Å²) in [6.07, 6.45) is 6.12. The second kappa shape index (κ2) is 9.11.